The van der Waals surface area contributed by atoms with Crippen LogP contribution >= 0.6 is 11.6 Å². The largest absolute Gasteiger partial charge is 0.481 e. The zero-order valence-corrected chi connectivity index (χ0v) is 14.2. The third-order valence-corrected chi connectivity index (χ3v) is 3.49. The number of hydrogen-bond donors (Lipinski definition) is 1. The van der Waals surface area contributed by atoms with E-state index in [1.54, 1.807) is 32.0 Å². The first-order valence-electron chi connectivity index (χ1n) is 7.50. The second-order valence-corrected chi connectivity index (χ2v) is 5.38. The van der Waals surface area contributed by atoms with Gasteiger partial charge in [0.15, 0.2) is 6.10 Å². The summed E-state index contributed by atoms with van der Waals surface area (Å²) in [6.07, 6.45) is -0.727. The van der Waals surface area contributed by atoms with Crippen LogP contribution in [-0.4, -0.2) is 24.6 Å². The average Bonchev–Trinajstić information content (AvgIpc) is 2.57. The topological polar surface area (TPSA) is 64.6 Å². The van der Waals surface area contributed by atoms with Crippen LogP contribution in [0.25, 0.3) is 0 Å². The number of carbonyl (C=O) groups excluding carboxylic acids is 2. The molecule has 1 atom stereocenters. The van der Waals surface area contributed by atoms with Crippen LogP contribution in [0.4, 0.5) is 5.69 Å². The predicted molar refractivity (Wildman–Crippen MR) is 92.6 cm³/mol. The van der Waals surface area contributed by atoms with Gasteiger partial charge in [-0.1, -0.05) is 29.8 Å². The summed E-state index contributed by atoms with van der Waals surface area (Å²) in [5, 5.41) is 2.99. The minimum atomic E-state index is -0.727. The number of para-hydroxylation sites is 1. The molecular formula is C18H18ClNO4. The van der Waals surface area contributed by atoms with E-state index in [0.29, 0.717) is 22.0 Å². The van der Waals surface area contributed by atoms with Crippen molar-refractivity contribution in [2.75, 3.05) is 11.9 Å². The molecule has 24 heavy (non-hydrogen) atoms. The molecule has 0 aromatic heterocycles. The van der Waals surface area contributed by atoms with Crippen molar-refractivity contribution in [1.29, 1.82) is 0 Å². The molecule has 126 valence electrons. The van der Waals surface area contributed by atoms with Crippen LogP contribution in [-0.2, 0) is 9.53 Å². The Hall–Kier alpha value is -2.53. The SMILES string of the molecule is CCOC(=O)c1ccc(Cl)c(NC(=O)[C@@H](C)Oc2ccccc2)c1. The van der Waals surface area contributed by atoms with Crippen molar-refractivity contribution >= 4 is 29.2 Å². The normalized spacial score (nSPS) is 11.5. The number of hydrogen-bond acceptors (Lipinski definition) is 4. The Balaban J connectivity index is 2.07. The van der Waals surface area contributed by atoms with Gasteiger partial charge in [-0.05, 0) is 44.2 Å². The van der Waals surface area contributed by atoms with Gasteiger partial charge < -0.3 is 14.8 Å². The van der Waals surface area contributed by atoms with Crippen molar-refractivity contribution in [1.82, 2.24) is 0 Å². The highest BCUT2D eigenvalue weighted by Gasteiger charge is 2.17. The molecule has 0 radical (unpaired) electrons. The van der Waals surface area contributed by atoms with Crippen molar-refractivity contribution in [3.63, 3.8) is 0 Å². The van der Waals surface area contributed by atoms with Gasteiger partial charge >= 0.3 is 5.97 Å². The summed E-state index contributed by atoms with van der Waals surface area (Å²) in [7, 11) is 0. The monoisotopic (exact) mass is 347 g/mol. The molecule has 6 heteroatoms. The molecule has 1 N–H and O–H groups in total. The van der Waals surface area contributed by atoms with E-state index in [4.69, 9.17) is 21.1 Å². The minimum absolute atomic E-state index is 0.269. The molecule has 0 aliphatic carbocycles. The number of esters is 1. The fourth-order valence-electron chi connectivity index (χ4n) is 1.95. The standard InChI is InChI=1S/C18H18ClNO4/c1-3-23-18(22)13-9-10-15(19)16(11-13)20-17(21)12(2)24-14-7-5-4-6-8-14/h4-12H,3H2,1-2H3,(H,20,21)/t12-/m1/s1. The molecule has 0 spiro atoms. The van der Waals surface area contributed by atoms with Crippen LogP contribution in [0, 0.1) is 0 Å². The summed E-state index contributed by atoms with van der Waals surface area (Å²) in [6, 6.07) is 13.6. The summed E-state index contributed by atoms with van der Waals surface area (Å²) in [5.74, 6) is -0.258. The van der Waals surface area contributed by atoms with Gasteiger partial charge in [0.05, 0.1) is 22.9 Å². The Morgan fingerprint density at radius 1 is 1.17 bits per heavy atom. The smallest absolute Gasteiger partial charge is 0.338 e. The number of carbonyl (C=O) groups is 2. The fraction of sp³-hybridized carbons (Fsp3) is 0.222. The third-order valence-electron chi connectivity index (χ3n) is 3.16. The highest BCUT2D eigenvalue weighted by Crippen LogP contribution is 2.24. The maximum atomic E-state index is 12.3. The van der Waals surface area contributed by atoms with Gasteiger partial charge in [-0.25, -0.2) is 4.79 Å². The number of rotatable bonds is 6. The van der Waals surface area contributed by atoms with Gasteiger partial charge in [-0.15, -0.1) is 0 Å². The van der Waals surface area contributed by atoms with Gasteiger partial charge in [-0.3, -0.25) is 4.79 Å². The van der Waals surface area contributed by atoms with Crippen LogP contribution in [0.3, 0.4) is 0 Å². The van der Waals surface area contributed by atoms with Crippen LogP contribution in [0.15, 0.2) is 48.5 Å². The Labute approximate surface area is 145 Å². The summed E-state index contributed by atoms with van der Waals surface area (Å²) >= 11 is 6.08. The van der Waals surface area contributed by atoms with Crippen LogP contribution in [0.2, 0.25) is 5.02 Å². The zero-order chi connectivity index (χ0) is 17.5. The maximum absolute atomic E-state index is 12.3. The summed E-state index contributed by atoms with van der Waals surface area (Å²) < 4.78 is 10.5. The van der Waals surface area contributed by atoms with E-state index in [0.717, 1.165) is 0 Å². The summed E-state index contributed by atoms with van der Waals surface area (Å²) in [4.78, 5) is 24.0. The Morgan fingerprint density at radius 2 is 1.88 bits per heavy atom. The lowest BCUT2D eigenvalue weighted by Crippen LogP contribution is -2.30. The molecule has 2 rings (SSSR count). The summed E-state index contributed by atoms with van der Waals surface area (Å²) in [6.45, 7) is 3.62. The van der Waals surface area contributed by atoms with Gasteiger partial charge in [0.1, 0.15) is 5.75 Å². The van der Waals surface area contributed by atoms with Gasteiger partial charge in [0, 0.05) is 0 Å². The molecule has 0 saturated heterocycles. The number of nitrogens with one attached hydrogen (secondary N) is 1. The third kappa shape index (κ3) is 4.73. The molecule has 2 aromatic carbocycles. The lowest BCUT2D eigenvalue weighted by Gasteiger charge is -2.15. The fourth-order valence-corrected chi connectivity index (χ4v) is 2.12. The Bertz CT molecular complexity index is 718. The Kier molecular flexibility index (Phi) is 6.21. The lowest BCUT2D eigenvalue weighted by molar-refractivity contribution is -0.122. The van der Waals surface area contributed by atoms with Gasteiger partial charge in [0.25, 0.3) is 5.91 Å². The number of benzene rings is 2. The molecular weight excluding hydrogens is 330 g/mol. The molecule has 1 amide bonds. The predicted octanol–water partition coefficient (Wildman–Crippen LogP) is 3.92. The first-order valence-corrected chi connectivity index (χ1v) is 7.88. The van der Waals surface area contributed by atoms with Crippen molar-refractivity contribution < 1.29 is 19.1 Å². The van der Waals surface area contributed by atoms with E-state index in [2.05, 4.69) is 5.32 Å². The first kappa shape index (κ1) is 17.8. The van der Waals surface area contributed by atoms with E-state index in [1.807, 2.05) is 18.2 Å². The molecule has 2 aromatic rings. The van der Waals surface area contributed by atoms with Gasteiger partial charge in [0.2, 0.25) is 0 Å². The molecule has 0 aliphatic heterocycles. The molecule has 5 nitrogen and oxygen atoms in total. The Morgan fingerprint density at radius 3 is 2.54 bits per heavy atom. The molecule has 0 fully saturated rings. The number of ether oxygens (including phenoxy) is 2. The van der Waals surface area contributed by atoms with E-state index < -0.39 is 12.1 Å². The van der Waals surface area contributed by atoms with Crippen LogP contribution in [0.5, 0.6) is 5.75 Å². The van der Waals surface area contributed by atoms with Gasteiger partial charge in [-0.2, -0.15) is 0 Å². The van der Waals surface area contributed by atoms with Crippen molar-refractivity contribution in [3.8, 4) is 5.75 Å². The second kappa shape index (κ2) is 8.36. The molecule has 0 bridgehead atoms. The number of anilines is 1. The van der Waals surface area contributed by atoms with Crippen LogP contribution < -0.4 is 10.1 Å². The quantitative estimate of drug-likeness (QED) is 0.804. The number of halogens is 1. The van der Waals surface area contributed by atoms with Crippen LogP contribution in [0.1, 0.15) is 24.2 Å². The van der Waals surface area contributed by atoms with Crippen molar-refractivity contribution in [3.05, 3.63) is 59.1 Å². The minimum Gasteiger partial charge on any atom is -0.481 e. The average molecular weight is 348 g/mol. The zero-order valence-electron chi connectivity index (χ0n) is 13.4. The highest BCUT2D eigenvalue weighted by molar-refractivity contribution is 6.33. The molecule has 0 aliphatic rings. The lowest BCUT2D eigenvalue weighted by atomic mass is 10.2. The molecule has 0 saturated carbocycles. The van der Waals surface area contributed by atoms with E-state index in [9.17, 15) is 9.59 Å². The number of amides is 1. The molecule has 0 heterocycles. The van der Waals surface area contributed by atoms with E-state index in [1.165, 1.54) is 12.1 Å². The van der Waals surface area contributed by atoms with E-state index >= 15 is 0 Å². The van der Waals surface area contributed by atoms with Crippen molar-refractivity contribution in [2.24, 2.45) is 0 Å². The van der Waals surface area contributed by atoms with E-state index in [-0.39, 0.29) is 12.5 Å². The maximum Gasteiger partial charge on any atom is 0.338 e. The second-order valence-electron chi connectivity index (χ2n) is 4.98. The first-order chi connectivity index (χ1) is 11.5. The van der Waals surface area contributed by atoms with Crippen molar-refractivity contribution in [2.45, 2.75) is 20.0 Å². The highest BCUT2D eigenvalue weighted by atomic mass is 35.5. The molecule has 0 unspecified atom stereocenters. The summed E-state index contributed by atoms with van der Waals surface area (Å²) in [5.41, 5.74) is 0.643.